The van der Waals surface area contributed by atoms with Crippen LogP contribution in [0.15, 0.2) is 18.2 Å². The number of benzene rings is 1. The van der Waals surface area contributed by atoms with E-state index in [1.165, 1.54) is 0 Å². The number of nitrogens with one attached hydrogen (secondary N) is 1. The van der Waals surface area contributed by atoms with Gasteiger partial charge in [0.05, 0.1) is 30.7 Å². The minimum Gasteiger partial charge on any atom is -0.397 e. The molecule has 0 saturated carbocycles. The van der Waals surface area contributed by atoms with Gasteiger partial charge in [-0.2, -0.15) is 0 Å². The summed E-state index contributed by atoms with van der Waals surface area (Å²) < 4.78 is 5.42. The van der Waals surface area contributed by atoms with Crippen molar-refractivity contribution in [2.24, 2.45) is 0 Å². The van der Waals surface area contributed by atoms with Crippen LogP contribution in [0.3, 0.4) is 0 Å². The summed E-state index contributed by atoms with van der Waals surface area (Å²) in [5, 5.41) is 11.9. The molecule has 0 aromatic heterocycles. The zero-order chi connectivity index (χ0) is 14.5. The van der Waals surface area contributed by atoms with Gasteiger partial charge in [0.1, 0.15) is 0 Å². The first-order chi connectivity index (χ1) is 9.65. The Morgan fingerprint density at radius 3 is 3.05 bits per heavy atom. The third-order valence-corrected chi connectivity index (χ3v) is 3.31. The molecule has 0 bridgehead atoms. The molecule has 6 heteroatoms. The zero-order valence-corrected chi connectivity index (χ0v) is 11.6. The molecule has 1 heterocycles. The molecule has 4 N–H and O–H groups in total. The number of ether oxygens (including phenoxy) is 1. The minimum atomic E-state index is -0.189. The number of morpholine rings is 1. The Kier molecular flexibility index (Phi) is 4.81. The second-order valence-electron chi connectivity index (χ2n) is 4.75. The lowest BCUT2D eigenvalue weighted by atomic mass is 10.1. The maximum absolute atomic E-state index is 11.7. The van der Waals surface area contributed by atoms with E-state index in [0.29, 0.717) is 30.9 Å². The maximum atomic E-state index is 11.7. The molecule has 110 valence electrons. The normalized spacial score (nSPS) is 18.9. The number of hydrogen-bond acceptors (Lipinski definition) is 5. The second-order valence-corrected chi connectivity index (χ2v) is 4.75. The SMILES string of the molecule is CCNC(=O)c1ccc(N2CCOC(CO)C2)c(N)c1. The summed E-state index contributed by atoms with van der Waals surface area (Å²) in [6.45, 7) is 4.33. The second kappa shape index (κ2) is 6.58. The summed E-state index contributed by atoms with van der Waals surface area (Å²) in [4.78, 5) is 13.8. The lowest BCUT2D eigenvalue weighted by Crippen LogP contribution is -2.44. The summed E-state index contributed by atoms with van der Waals surface area (Å²) in [6.07, 6.45) is -0.189. The Hall–Kier alpha value is -1.79. The molecule has 2 rings (SSSR count). The van der Waals surface area contributed by atoms with Crippen LogP contribution in [-0.2, 0) is 4.74 Å². The average molecular weight is 279 g/mol. The van der Waals surface area contributed by atoms with Crippen LogP contribution in [0.2, 0.25) is 0 Å². The first-order valence-corrected chi connectivity index (χ1v) is 6.80. The molecule has 1 aromatic rings. The highest BCUT2D eigenvalue weighted by atomic mass is 16.5. The van der Waals surface area contributed by atoms with E-state index in [1.807, 2.05) is 13.0 Å². The summed E-state index contributed by atoms with van der Waals surface area (Å²) >= 11 is 0. The van der Waals surface area contributed by atoms with Crippen LogP contribution >= 0.6 is 0 Å². The minimum absolute atomic E-state index is 0.00655. The highest BCUT2D eigenvalue weighted by Gasteiger charge is 2.21. The van der Waals surface area contributed by atoms with E-state index in [9.17, 15) is 4.79 Å². The van der Waals surface area contributed by atoms with Gasteiger partial charge in [0.25, 0.3) is 5.91 Å². The van der Waals surface area contributed by atoms with E-state index in [0.717, 1.165) is 12.2 Å². The number of aliphatic hydroxyl groups excluding tert-OH is 1. The Balaban J connectivity index is 2.15. The van der Waals surface area contributed by atoms with Crippen molar-refractivity contribution in [2.45, 2.75) is 13.0 Å². The van der Waals surface area contributed by atoms with Gasteiger partial charge < -0.3 is 25.8 Å². The molecule has 1 saturated heterocycles. The fourth-order valence-electron chi connectivity index (χ4n) is 2.29. The number of rotatable bonds is 4. The van der Waals surface area contributed by atoms with Crippen molar-refractivity contribution in [3.63, 3.8) is 0 Å². The zero-order valence-electron chi connectivity index (χ0n) is 11.6. The molecule has 1 fully saturated rings. The predicted molar refractivity (Wildman–Crippen MR) is 77.9 cm³/mol. The molecular formula is C14H21N3O3. The van der Waals surface area contributed by atoms with Gasteiger partial charge in [0.2, 0.25) is 0 Å². The molecule has 1 amide bonds. The lowest BCUT2D eigenvalue weighted by molar-refractivity contribution is 0.00360. The molecule has 20 heavy (non-hydrogen) atoms. The van der Waals surface area contributed by atoms with Crippen LogP contribution in [0.1, 0.15) is 17.3 Å². The standard InChI is InChI=1S/C14H21N3O3/c1-2-16-14(19)10-3-4-13(12(15)7-10)17-5-6-20-11(8-17)9-18/h3-4,7,11,18H,2,5-6,8-9,15H2,1H3,(H,16,19). The summed E-state index contributed by atoms with van der Waals surface area (Å²) in [7, 11) is 0. The van der Waals surface area contributed by atoms with Crippen LogP contribution < -0.4 is 16.0 Å². The van der Waals surface area contributed by atoms with E-state index < -0.39 is 0 Å². The molecule has 0 spiro atoms. The molecule has 1 aromatic carbocycles. The van der Waals surface area contributed by atoms with Crippen LogP contribution in [0.4, 0.5) is 11.4 Å². The number of hydrogen-bond donors (Lipinski definition) is 3. The fourth-order valence-corrected chi connectivity index (χ4v) is 2.29. The third-order valence-electron chi connectivity index (χ3n) is 3.31. The summed E-state index contributed by atoms with van der Waals surface area (Å²) in [5.41, 5.74) is 8.04. The Morgan fingerprint density at radius 2 is 2.40 bits per heavy atom. The molecular weight excluding hydrogens is 258 g/mol. The molecule has 1 unspecified atom stereocenters. The number of nitrogen functional groups attached to an aromatic ring is 1. The van der Waals surface area contributed by atoms with Gasteiger partial charge in [0.15, 0.2) is 0 Å². The largest absolute Gasteiger partial charge is 0.397 e. The topological polar surface area (TPSA) is 87.8 Å². The van der Waals surface area contributed by atoms with Gasteiger partial charge >= 0.3 is 0 Å². The van der Waals surface area contributed by atoms with E-state index in [2.05, 4.69) is 10.2 Å². The van der Waals surface area contributed by atoms with Crippen LogP contribution in [-0.4, -0.2) is 50.0 Å². The Labute approximate surface area is 118 Å². The van der Waals surface area contributed by atoms with Crippen LogP contribution in [0.5, 0.6) is 0 Å². The van der Waals surface area contributed by atoms with Crippen LogP contribution in [0, 0.1) is 0 Å². The number of carbonyl (C=O) groups excluding carboxylic acids is 1. The van der Waals surface area contributed by atoms with Gasteiger partial charge in [-0.05, 0) is 25.1 Å². The van der Waals surface area contributed by atoms with Gasteiger partial charge in [-0.15, -0.1) is 0 Å². The van der Waals surface area contributed by atoms with Gasteiger partial charge in [-0.1, -0.05) is 0 Å². The Bertz CT molecular complexity index is 479. The van der Waals surface area contributed by atoms with Crippen molar-refractivity contribution in [3.05, 3.63) is 23.8 Å². The summed E-state index contributed by atoms with van der Waals surface area (Å²) in [6, 6.07) is 5.30. The number of aliphatic hydroxyl groups is 1. The Morgan fingerprint density at radius 1 is 1.60 bits per heavy atom. The number of anilines is 2. The smallest absolute Gasteiger partial charge is 0.251 e. The van der Waals surface area contributed by atoms with Crippen molar-refractivity contribution in [1.29, 1.82) is 0 Å². The highest BCUT2D eigenvalue weighted by Crippen LogP contribution is 2.26. The van der Waals surface area contributed by atoms with Gasteiger partial charge in [-0.3, -0.25) is 4.79 Å². The van der Waals surface area contributed by atoms with E-state index in [-0.39, 0.29) is 18.6 Å². The van der Waals surface area contributed by atoms with Gasteiger partial charge in [0, 0.05) is 25.2 Å². The van der Waals surface area contributed by atoms with E-state index >= 15 is 0 Å². The molecule has 1 atom stereocenters. The first-order valence-electron chi connectivity index (χ1n) is 6.80. The number of amides is 1. The van der Waals surface area contributed by atoms with Crippen molar-refractivity contribution >= 4 is 17.3 Å². The number of nitrogens with two attached hydrogens (primary N) is 1. The van der Waals surface area contributed by atoms with Crippen molar-refractivity contribution in [2.75, 3.05) is 43.5 Å². The average Bonchev–Trinajstić information content (AvgIpc) is 2.47. The van der Waals surface area contributed by atoms with Crippen LogP contribution in [0.25, 0.3) is 0 Å². The first kappa shape index (κ1) is 14.6. The van der Waals surface area contributed by atoms with Crippen molar-refractivity contribution in [1.82, 2.24) is 5.32 Å². The molecule has 6 nitrogen and oxygen atoms in total. The van der Waals surface area contributed by atoms with E-state index in [4.69, 9.17) is 15.6 Å². The third kappa shape index (κ3) is 3.20. The van der Waals surface area contributed by atoms with Gasteiger partial charge in [-0.25, -0.2) is 0 Å². The lowest BCUT2D eigenvalue weighted by Gasteiger charge is -2.34. The fraction of sp³-hybridized carbons (Fsp3) is 0.500. The molecule has 1 aliphatic heterocycles. The summed E-state index contributed by atoms with van der Waals surface area (Å²) in [5.74, 6) is -0.124. The predicted octanol–water partition coefficient (Wildman–Crippen LogP) is 0.216. The molecule has 0 aliphatic carbocycles. The van der Waals surface area contributed by atoms with Crippen molar-refractivity contribution in [3.8, 4) is 0 Å². The van der Waals surface area contributed by atoms with Crippen molar-refractivity contribution < 1.29 is 14.6 Å². The molecule has 1 aliphatic rings. The van der Waals surface area contributed by atoms with E-state index in [1.54, 1.807) is 12.1 Å². The number of nitrogens with zero attached hydrogens (tertiary/aromatic N) is 1. The quantitative estimate of drug-likeness (QED) is 0.686. The maximum Gasteiger partial charge on any atom is 0.251 e. The monoisotopic (exact) mass is 279 g/mol. The highest BCUT2D eigenvalue weighted by molar-refractivity contribution is 5.96. The molecule has 0 radical (unpaired) electrons. The number of carbonyl (C=O) groups is 1.